The molecule has 0 aliphatic carbocycles. The molecule has 9 heteroatoms. The maximum absolute atomic E-state index is 12.6. The fourth-order valence-corrected chi connectivity index (χ4v) is 5.02. The number of Topliss-reactive ketones (excluding diaryl/α,β-unsaturated/α-hetero) is 1. The largest absolute Gasteiger partial charge is 0.486 e. The molecule has 0 aliphatic rings. The Hall–Kier alpha value is -3.88. The molecule has 4 aromatic carbocycles. The fourth-order valence-electron chi connectivity index (χ4n) is 4.77. The number of nitrogens with zero attached hydrogens (tertiary/aromatic N) is 1. The molecule has 1 N–H and O–H groups in total. The van der Waals surface area contributed by atoms with Crippen LogP contribution in [-0.4, -0.2) is 61.9 Å². The lowest BCUT2D eigenvalue weighted by Gasteiger charge is -2.25. The highest BCUT2D eigenvalue weighted by molar-refractivity contribution is 6.30. The van der Waals surface area contributed by atoms with Crippen LogP contribution in [-0.2, 0) is 16.0 Å². The van der Waals surface area contributed by atoms with Crippen molar-refractivity contribution in [2.24, 2.45) is 0 Å². The number of aromatic carboxylic acids is 1. The summed E-state index contributed by atoms with van der Waals surface area (Å²) in [6, 6.07) is 29.4. The third-order valence-corrected chi connectivity index (χ3v) is 7.67. The molecule has 7 nitrogen and oxygen atoms in total. The number of rotatable bonds is 16. The first-order chi connectivity index (χ1) is 21.2. The number of aryl methyl sites for hydroxylation is 1. The zero-order valence-corrected chi connectivity index (χ0v) is 26.1. The molecule has 4 rings (SSSR count). The molecule has 0 aromatic heterocycles. The van der Waals surface area contributed by atoms with Crippen molar-refractivity contribution in [1.82, 2.24) is 4.90 Å². The van der Waals surface area contributed by atoms with E-state index >= 15 is 0 Å². The second kappa shape index (κ2) is 16.3. The zero-order valence-electron chi connectivity index (χ0n) is 24.6. The van der Waals surface area contributed by atoms with Crippen molar-refractivity contribution in [3.63, 3.8) is 0 Å². The minimum absolute atomic E-state index is 0.134. The van der Waals surface area contributed by atoms with Gasteiger partial charge in [0.1, 0.15) is 11.5 Å². The molecule has 0 heterocycles. The van der Waals surface area contributed by atoms with E-state index in [0.717, 1.165) is 31.5 Å². The Morgan fingerprint density at radius 1 is 0.795 bits per heavy atom. The number of carbonyl (C=O) groups is 2. The van der Waals surface area contributed by atoms with Crippen LogP contribution in [0.1, 0.15) is 39.4 Å². The minimum atomic E-state index is -1.14. The van der Waals surface area contributed by atoms with Crippen LogP contribution in [0.3, 0.4) is 0 Å². The van der Waals surface area contributed by atoms with E-state index in [0.29, 0.717) is 21.5 Å². The van der Waals surface area contributed by atoms with Gasteiger partial charge in [-0.2, -0.15) is 0 Å². The lowest BCUT2D eigenvalue weighted by atomic mass is 9.91. The van der Waals surface area contributed by atoms with Gasteiger partial charge in [-0.1, -0.05) is 59.6 Å². The Kier molecular flexibility index (Phi) is 12.2. The Balaban J connectivity index is 1.25. The van der Waals surface area contributed by atoms with Gasteiger partial charge in [-0.3, -0.25) is 4.79 Å². The van der Waals surface area contributed by atoms with E-state index in [1.165, 1.54) is 42.5 Å². The number of carbonyl (C=O) groups excluding carboxylic acids is 1. The Morgan fingerprint density at radius 2 is 1.34 bits per heavy atom. The van der Waals surface area contributed by atoms with E-state index in [4.69, 9.17) is 42.5 Å². The maximum Gasteiger partial charge on any atom is 0.335 e. The van der Waals surface area contributed by atoms with Gasteiger partial charge in [0.25, 0.3) is 6.29 Å². The van der Waals surface area contributed by atoms with Gasteiger partial charge in [0, 0.05) is 29.6 Å². The van der Waals surface area contributed by atoms with Crippen LogP contribution in [0.15, 0.2) is 97.1 Å². The summed E-state index contributed by atoms with van der Waals surface area (Å²) >= 11 is 12.3. The van der Waals surface area contributed by atoms with E-state index in [9.17, 15) is 9.59 Å². The van der Waals surface area contributed by atoms with Crippen molar-refractivity contribution >= 4 is 35.0 Å². The van der Waals surface area contributed by atoms with Gasteiger partial charge < -0.3 is 24.2 Å². The molecule has 1 unspecified atom stereocenters. The molecule has 0 radical (unpaired) electrons. The van der Waals surface area contributed by atoms with Crippen molar-refractivity contribution in [3.05, 3.63) is 129 Å². The minimum Gasteiger partial charge on any atom is -0.486 e. The molecule has 0 fully saturated rings. The lowest BCUT2D eigenvalue weighted by molar-refractivity contribution is -0.147. The molecule has 0 saturated carbocycles. The third kappa shape index (κ3) is 9.82. The van der Waals surface area contributed by atoms with Gasteiger partial charge in [-0.25, -0.2) is 4.79 Å². The summed E-state index contributed by atoms with van der Waals surface area (Å²) in [5, 5.41) is 10.4. The smallest absolute Gasteiger partial charge is 0.335 e. The Bertz CT molecular complexity index is 1450. The molecule has 0 saturated heterocycles. The molecule has 4 aromatic rings. The Morgan fingerprint density at radius 3 is 1.86 bits per heavy atom. The molecular formula is C35H35Cl2NO6. The number of likely N-dealkylation sites (N-methyl/N-ethyl adjacent to an activating group) is 1. The number of ether oxygens (including phenoxy) is 3. The lowest BCUT2D eigenvalue weighted by Crippen LogP contribution is -2.33. The van der Waals surface area contributed by atoms with Crippen molar-refractivity contribution in [2.75, 3.05) is 33.9 Å². The number of carboxylic acids is 1. The fraction of sp³-hybridized carbons (Fsp3) is 0.257. The highest BCUT2D eigenvalue weighted by Gasteiger charge is 2.21. The third-order valence-electron chi connectivity index (χ3n) is 7.17. The predicted octanol–water partition coefficient (Wildman–Crippen LogP) is 7.39. The number of methoxy groups -OCH3 is 1. The molecule has 0 spiro atoms. The average Bonchev–Trinajstić information content (AvgIpc) is 3.03. The average molecular weight is 637 g/mol. The van der Waals surface area contributed by atoms with Gasteiger partial charge >= 0.3 is 5.97 Å². The normalized spacial score (nSPS) is 11.9. The number of hydrogen-bond donors (Lipinski definition) is 1. The first-order valence-corrected chi connectivity index (χ1v) is 14.9. The number of carboxylic acid groups (broad SMARTS) is 1. The summed E-state index contributed by atoms with van der Waals surface area (Å²) < 4.78 is 16.5. The molecule has 1 atom stereocenters. The summed E-state index contributed by atoms with van der Waals surface area (Å²) in [5.74, 6) is -0.375. The Labute approximate surface area is 267 Å². The zero-order chi connectivity index (χ0) is 31.5. The highest BCUT2D eigenvalue weighted by atomic mass is 35.5. The number of benzene rings is 4. The molecule has 0 bridgehead atoms. The molecule has 0 aliphatic heterocycles. The van der Waals surface area contributed by atoms with Crippen molar-refractivity contribution in [3.8, 4) is 11.5 Å². The van der Waals surface area contributed by atoms with Crippen molar-refractivity contribution in [2.45, 2.75) is 25.0 Å². The van der Waals surface area contributed by atoms with Gasteiger partial charge in [0.2, 0.25) is 5.78 Å². The molecule has 44 heavy (non-hydrogen) atoms. The number of ketones is 1. The van der Waals surface area contributed by atoms with Crippen LogP contribution in [0.5, 0.6) is 11.5 Å². The van der Waals surface area contributed by atoms with Crippen molar-refractivity contribution < 1.29 is 28.9 Å². The van der Waals surface area contributed by atoms with Crippen LogP contribution < -0.4 is 9.47 Å². The topological polar surface area (TPSA) is 85.3 Å². The van der Waals surface area contributed by atoms with Crippen molar-refractivity contribution in [1.29, 1.82) is 0 Å². The summed E-state index contributed by atoms with van der Waals surface area (Å²) in [5.41, 5.74) is 3.70. The first-order valence-electron chi connectivity index (χ1n) is 14.2. The SMILES string of the molecule is COC(Oc1ccc(CCCN(C)CC(c2ccc(Cl)cc2)c2ccc(Cl)cc2)cc1)C(=O)COc1ccc(C(=O)O)cc1. The van der Waals surface area contributed by atoms with Gasteiger partial charge in [-0.15, -0.1) is 0 Å². The molecule has 230 valence electrons. The van der Waals surface area contributed by atoms with Gasteiger partial charge in [0.05, 0.1) is 5.56 Å². The first kappa shape index (κ1) is 33.0. The van der Waals surface area contributed by atoms with E-state index in [1.54, 1.807) is 0 Å². The van der Waals surface area contributed by atoms with Crippen LogP contribution >= 0.6 is 23.2 Å². The number of hydrogen-bond acceptors (Lipinski definition) is 6. The van der Waals surface area contributed by atoms with E-state index in [1.807, 2.05) is 48.5 Å². The second-order valence-electron chi connectivity index (χ2n) is 10.4. The van der Waals surface area contributed by atoms with Gasteiger partial charge in [0.15, 0.2) is 6.61 Å². The quantitative estimate of drug-likeness (QED) is 0.128. The summed E-state index contributed by atoms with van der Waals surface area (Å²) in [4.78, 5) is 25.9. The molecular weight excluding hydrogens is 601 g/mol. The maximum atomic E-state index is 12.6. The van der Waals surface area contributed by atoms with Crippen LogP contribution in [0.2, 0.25) is 10.0 Å². The van der Waals surface area contributed by atoms with E-state index in [-0.39, 0.29) is 18.1 Å². The van der Waals surface area contributed by atoms with E-state index in [2.05, 4.69) is 36.2 Å². The second-order valence-corrected chi connectivity index (χ2v) is 11.3. The monoisotopic (exact) mass is 635 g/mol. The van der Waals surface area contributed by atoms with Crippen LogP contribution in [0.25, 0.3) is 0 Å². The standard InChI is InChI=1S/C35H35Cl2NO6/c1-38(22-32(25-7-13-28(36)14-8-25)26-9-15-29(37)16-10-26)21-3-4-24-5-17-31(18-6-24)44-35(42-2)33(39)23-43-30-19-11-27(12-20-30)34(40)41/h5-20,32,35H,3-4,21-23H2,1-2H3,(H,40,41). The highest BCUT2D eigenvalue weighted by Crippen LogP contribution is 2.28. The number of halogens is 2. The molecule has 0 amide bonds. The summed E-state index contributed by atoms with van der Waals surface area (Å²) in [7, 11) is 3.52. The van der Waals surface area contributed by atoms with Gasteiger partial charge in [-0.05, 0) is 104 Å². The predicted molar refractivity (Wildman–Crippen MR) is 172 cm³/mol. The summed E-state index contributed by atoms with van der Waals surface area (Å²) in [6.07, 6.45) is 0.717. The van der Waals surface area contributed by atoms with Crippen LogP contribution in [0.4, 0.5) is 0 Å². The van der Waals surface area contributed by atoms with Crippen LogP contribution in [0, 0.1) is 0 Å². The summed E-state index contributed by atoms with van der Waals surface area (Å²) in [6.45, 7) is 1.47. The van der Waals surface area contributed by atoms with E-state index < -0.39 is 18.0 Å².